The van der Waals surface area contributed by atoms with E-state index < -0.39 is 11.6 Å². The number of halogens is 2. The fourth-order valence-electron chi connectivity index (χ4n) is 1.80. The van der Waals surface area contributed by atoms with E-state index in [1.54, 1.807) is 13.2 Å². The van der Waals surface area contributed by atoms with Crippen LogP contribution < -0.4 is 5.32 Å². The minimum Gasteiger partial charge on any atom is -0.396 e. The van der Waals surface area contributed by atoms with Crippen LogP contribution in [0, 0.1) is 11.6 Å². The molecule has 0 heterocycles. The molecule has 0 saturated carbocycles. The highest BCUT2D eigenvalue weighted by molar-refractivity contribution is 5.20. The van der Waals surface area contributed by atoms with Crippen molar-refractivity contribution in [2.24, 2.45) is 0 Å². The summed E-state index contributed by atoms with van der Waals surface area (Å²) in [5.41, 5.74) is 0.660. The van der Waals surface area contributed by atoms with Crippen molar-refractivity contribution in [1.29, 1.82) is 0 Å². The predicted molar refractivity (Wildman–Crippen MR) is 65.3 cm³/mol. The minimum atomic E-state index is -0.855. The van der Waals surface area contributed by atoms with Gasteiger partial charge in [0.2, 0.25) is 0 Å². The van der Waals surface area contributed by atoms with Gasteiger partial charge in [0.1, 0.15) is 0 Å². The van der Waals surface area contributed by atoms with Gasteiger partial charge in [0.25, 0.3) is 0 Å². The van der Waals surface area contributed by atoms with Crippen LogP contribution in [0.5, 0.6) is 0 Å². The molecule has 0 bridgehead atoms. The molecule has 0 aromatic heterocycles. The van der Waals surface area contributed by atoms with Gasteiger partial charge in [-0.2, -0.15) is 0 Å². The highest BCUT2D eigenvalue weighted by atomic mass is 19.2. The van der Waals surface area contributed by atoms with Crippen LogP contribution >= 0.6 is 0 Å². The second-order valence-corrected chi connectivity index (χ2v) is 4.23. The number of hydrogen-bond donors (Lipinski definition) is 2. The second kappa shape index (κ2) is 7.41. The van der Waals surface area contributed by atoms with Gasteiger partial charge in [-0.15, -0.1) is 0 Å². The molecule has 102 valence electrons. The maximum atomic E-state index is 13.1. The molecule has 1 aromatic rings. The maximum absolute atomic E-state index is 13.1. The van der Waals surface area contributed by atoms with Crippen LogP contribution in [0.2, 0.25) is 0 Å². The Labute approximate surface area is 106 Å². The lowest BCUT2D eigenvalue weighted by molar-refractivity contribution is 0.143. The van der Waals surface area contributed by atoms with Gasteiger partial charge < -0.3 is 15.2 Å². The minimum absolute atomic E-state index is 0.0249. The standard InChI is InChI=1S/C13H19F2NO2/c1-9(16-11(5-6-17)8-18-2)10-3-4-12(14)13(15)7-10/h3-4,7,9,11,16-17H,5-6,8H2,1-2H3. The molecule has 18 heavy (non-hydrogen) atoms. The molecule has 2 N–H and O–H groups in total. The van der Waals surface area contributed by atoms with Crippen LogP contribution in [0.4, 0.5) is 8.78 Å². The summed E-state index contributed by atoms with van der Waals surface area (Å²) in [4.78, 5) is 0. The number of methoxy groups -OCH3 is 1. The molecule has 0 fully saturated rings. The van der Waals surface area contributed by atoms with Crippen molar-refractivity contribution in [3.8, 4) is 0 Å². The quantitative estimate of drug-likeness (QED) is 0.787. The first-order chi connectivity index (χ1) is 8.58. The second-order valence-electron chi connectivity index (χ2n) is 4.23. The van der Waals surface area contributed by atoms with Crippen molar-refractivity contribution in [2.45, 2.75) is 25.4 Å². The van der Waals surface area contributed by atoms with Crippen molar-refractivity contribution >= 4 is 0 Å². The third kappa shape index (κ3) is 4.33. The number of nitrogens with one attached hydrogen (secondary N) is 1. The average Bonchev–Trinajstić information content (AvgIpc) is 2.33. The van der Waals surface area contributed by atoms with Crippen molar-refractivity contribution < 1.29 is 18.6 Å². The molecule has 1 rings (SSSR count). The van der Waals surface area contributed by atoms with Crippen molar-refractivity contribution in [2.75, 3.05) is 20.3 Å². The maximum Gasteiger partial charge on any atom is 0.159 e. The zero-order valence-corrected chi connectivity index (χ0v) is 10.6. The molecule has 0 saturated heterocycles. The molecule has 0 aliphatic rings. The Hall–Kier alpha value is -1.04. The van der Waals surface area contributed by atoms with Crippen LogP contribution in [0.25, 0.3) is 0 Å². The number of rotatable bonds is 7. The SMILES string of the molecule is COCC(CCO)NC(C)c1ccc(F)c(F)c1. The van der Waals surface area contributed by atoms with Gasteiger partial charge in [-0.3, -0.25) is 0 Å². The number of aliphatic hydroxyl groups is 1. The molecule has 0 spiro atoms. The van der Waals surface area contributed by atoms with E-state index in [4.69, 9.17) is 9.84 Å². The Morgan fingerprint density at radius 2 is 2.06 bits per heavy atom. The van der Waals surface area contributed by atoms with Crippen molar-refractivity contribution in [3.63, 3.8) is 0 Å². The Morgan fingerprint density at radius 1 is 1.33 bits per heavy atom. The number of aliphatic hydroxyl groups excluding tert-OH is 1. The topological polar surface area (TPSA) is 41.5 Å². The summed E-state index contributed by atoms with van der Waals surface area (Å²) in [5.74, 6) is -1.71. The van der Waals surface area contributed by atoms with Gasteiger partial charge in [0.15, 0.2) is 11.6 Å². The van der Waals surface area contributed by atoms with E-state index in [1.807, 2.05) is 6.92 Å². The molecule has 5 heteroatoms. The van der Waals surface area contributed by atoms with Crippen LogP contribution in [0.15, 0.2) is 18.2 Å². The smallest absolute Gasteiger partial charge is 0.159 e. The summed E-state index contributed by atoms with van der Waals surface area (Å²) >= 11 is 0. The Kier molecular flexibility index (Phi) is 6.18. The summed E-state index contributed by atoms with van der Waals surface area (Å²) in [5, 5.41) is 12.1. The van der Waals surface area contributed by atoms with Gasteiger partial charge >= 0.3 is 0 Å². The van der Waals surface area contributed by atoms with E-state index in [9.17, 15) is 8.78 Å². The molecule has 1 aromatic carbocycles. The summed E-state index contributed by atoms with van der Waals surface area (Å²) in [7, 11) is 1.58. The van der Waals surface area contributed by atoms with E-state index in [0.29, 0.717) is 18.6 Å². The Balaban J connectivity index is 2.67. The molecule has 3 nitrogen and oxygen atoms in total. The summed E-state index contributed by atoms with van der Waals surface area (Å²) < 4.78 is 31.0. The van der Waals surface area contributed by atoms with E-state index in [1.165, 1.54) is 6.07 Å². The molecule has 2 unspecified atom stereocenters. The van der Waals surface area contributed by atoms with E-state index in [-0.39, 0.29) is 18.7 Å². The van der Waals surface area contributed by atoms with E-state index in [0.717, 1.165) is 6.07 Å². The molecular formula is C13H19F2NO2. The third-order valence-corrected chi connectivity index (χ3v) is 2.77. The van der Waals surface area contributed by atoms with Gasteiger partial charge in [-0.05, 0) is 31.0 Å². The molecule has 0 amide bonds. The number of benzene rings is 1. The highest BCUT2D eigenvalue weighted by Gasteiger charge is 2.14. The summed E-state index contributed by atoms with van der Waals surface area (Å²) in [6.07, 6.45) is 0.544. The largest absolute Gasteiger partial charge is 0.396 e. The lowest BCUT2D eigenvalue weighted by atomic mass is 10.1. The fourth-order valence-corrected chi connectivity index (χ4v) is 1.80. The monoisotopic (exact) mass is 259 g/mol. The molecule has 0 radical (unpaired) electrons. The first-order valence-corrected chi connectivity index (χ1v) is 5.89. The first-order valence-electron chi connectivity index (χ1n) is 5.89. The van der Waals surface area contributed by atoms with E-state index >= 15 is 0 Å². The lowest BCUT2D eigenvalue weighted by Crippen LogP contribution is -2.36. The molecule has 0 aliphatic heterocycles. The van der Waals surface area contributed by atoms with Crippen LogP contribution in [-0.4, -0.2) is 31.5 Å². The van der Waals surface area contributed by atoms with Crippen LogP contribution in [-0.2, 0) is 4.74 Å². The Bertz CT molecular complexity index is 368. The van der Waals surface area contributed by atoms with Gasteiger partial charge in [0, 0.05) is 25.8 Å². The third-order valence-electron chi connectivity index (χ3n) is 2.77. The molecule has 2 atom stereocenters. The van der Waals surface area contributed by atoms with Crippen molar-refractivity contribution in [1.82, 2.24) is 5.32 Å². The van der Waals surface area contributed by atoms with Gasteiger partial charge in [-0.25, -0.2) is 8.78 Å². The Morgan fingerprint density at radius 3 is 2.61 bits per heavy atom. The predicted octanol–water partition coefficient (Wildman–Crippen LogP) is 2.01. The number of hydrogen-bond acceptors (Lipinski definition) is 3. The zero-order chi connectivity index (χ0) is 13.5. The van der Waals surface area contributed by atoms with Gasteiger partial charge in [0.05, 0.1) is 6.61 Å². The summed E-state index contributed by atoms with van der Waals surface area (Å²) in [6.45, 7) is 2.35. The first kappa shape index (κ1) is 15.0. The van der Waals surface area contributed by atoms with Crippen LogP contribution in [0.1, 0.15) is 24.9 Å². The van der Waals surface area contributed by atoms with Gasteiger partial charge in [-0.1, -0.05) is 6.07 Å². The van der Waals surface area contributed by atoms with Crippen LogP contribution in [0.3, 0.4) is 0 Å². The zero-order valence-electron chi connectivity index (χ0n) is 10.6. The average molecular weight is 259 g/mol. The van der Waals surface area contributed by atoms with Crippen molar-refractivity contribution in [3.05, 3.63) is 35.4 Å². The lowest BCUT2D eigenvalue weighted by Gasteiger charge is -2.22. The normalized spacial score (nSPS) is 14.5. The fraction of sp³-hybridized carbons (Fsp3) is 0.538. The molecular weight excluding hydrogens is 240 g/mol. The van der Waals surface area contributed by atoms with E-state index in [2.05, 4.69) is 5.32 Å². The number of ether oxygens (including phenoxy) is 1. The highest BCUT2D eigenvalue weighted by Crippen LogP contribution is 2.17. The summed E-state index contributed by atoms with van der Waals surface area (Å²) in [6, 6.07) is 3.66. The molecule has 0 aliphatic carbocycles.